The summed E-state index contributed by atoms with van der Waals surface area (Å²) in [4.78, 5) is 15.1. The van der Waals surface area contributed by atoms with E-state index in [1.165, 1.54) is 6.42 Å². The fourth-order valence-corrected chi connectivity index (χ4v) is 5.86. The highest BCUT2D eigenvalue weighted by Crippen LogP contribution is 2.31. The third kappa shape index (κ3) is 4.42. The van der Waals surface area contributed by atoms with Crippen molar-refractivity contribution in [1.82, 2.24) is 4.90 Å². The number of likely N-dealkylation sites (tertiary alicyclic amines) is 1. The lowest BCUT2D eigenvalue weighted by Crippen LogP contribution is -2.49. The predicted molar refractivity (Wildman–Crippen MR) is 111 cm³/mol. The van der Waals surface area contributed by atoms with Crippen LogP contribution in [0.15, 0.2) is 22.6 Å². The zero-order chi connectivity index (χ0) is 20.4. The number of hydrogen-bond acceptors (Lipinski definition) is 5. The molecule has 29 heavy (non-hydrogen) atoms. The molecule has 3 aliphatic rings. The Hall–Kier alpha value is -2.09. The molecule has 2 N–H and O–H groups in total. The molecule has 4 rings (SSSR count). The highest BCUT2D eigenvalue weighted by Gasteiger charge is 2.33. The van der Waals surface area contributed by atoms with E-state index in [-0.39, 0.29) is 29.5 Å². The van der Waals surface area contributed by atoms with Crippen LogP contribution in [-0.4, -0.2) is 44.3 Å². The number of rotatable bonds is 4. The van der Waals surface area contributed by atoms with E-state index in [1.807, 2.05) is 4.90 Å². The molecule has 1 aromatic rings. The summed E-state index contributed by atoms with van der Waals surface area (Å²) in [7, 11) is -3.58. The first-order valence-electron chi connectivity index (χ1n) is 10.6. The summed E-state index contributed by atoms with van der Waals surface area (Å²) in [5, 5.41) is 0. The van der Waals surface area contributed by atoms with Gasteiger partial charge in [0.2, 0.25) is 5.91 Å². The van der Waals surface area contributed by atoms with E-state index in [2.05, 4.69) is 4.40 Å². The second-order valence-corrected chi connectivity index (χ2v) is 9.96. The number of nitrogens with two attached hydrogens (primary N) is 1. The fourth-order valence-electron chi connectivity index (χ4n) is 4.77. The number of ether oxygens (including phenoxy) is 1. The lowest BCUT2D eigenvalue weighted by Gasteiger charge is -2.38. The van der Waals surface area contributed by atoms with Crippen LogP contribution in [0.3, 0.4) is 0 Å². The molecular formula is C21H29N3O4S. The van der Waals surface area contributed by atoms with E-state index >= 15 is 0 Å². The van der Waals surface area contributed by atoms with Gasteiger partial charge >= 0.3 is 0 Å². The Morgan fingerprint density at radius 3 is 2.69 bits per heavy atom. The molecule has 1 aromatic carbocycles. The second-order valence-electron chi connectivity index (χ2n) is 8.32. The van der Waals surface area contributed by atoms with Crippen molar-refractivity contribution in [1.29, 1.82) is 0 Å². The van der Waals surface area contributed by atoms with Gasteiger partial charge in [0.1, 0.15) is 18.2 Å². The summed E-state index contributed by atoms with van der Waals surface area (Å²) < 4.78 is 33.5. The van der Waals surface area contributed by atoms with Gasteiger partial charge in [-0.25, -0.2) is 8.42 Å². The first-order chi connectivity index (χ1) is 13.9. The van der Waals surface area contributed by atoms with Gasteiger partial charge in [0, 0.05) is 12.5 Å². The first-order valence-corrected chi connectivity index (χ1v) is 12.2. The monoisotopic (exact) mass is 419 g/mol. The number of hydrogen-bond donors (Lipinski definition) is 1. The number of piperidine rings is 1. The van der Waals surface area contributed by atoms with Crippen LogP contribution in [0.25, 0.3) is 0 Å². The minimum Gasteiger partial charge on any atom is -0.491 e. The highest BCUT2D eigenvalue weighted by atomic mass is 32.2. The van der Waals surface area contributed by atoms with Crippen molar-refractivity contribution >= 4 is 21.8 Å². The molecule has 0 radical (unpaired) electrons. The maximum atomic E-state index is 13.1. The van der Waals surface area contributed by atoms with Crippen LogP contribution < -0.4 is 10.5 Å². The minimum atomic E-state index is -3.58. The minimum absolute atomic E-state index is 0.0272. The van der Waals surface area contributed by atoms with Crippen molar-refractivity contribution < 1.29 is 17.9 Å². The third-order valence-corrected chi connectivity index (χ3v) is 7.39. The molecule has 0 spiro atoms. The molecular weight excluding hydrogens is 390 g/mol. The molecule has 2 heterocycles. The summed E-state index contributed by atoms with van der Waals surface area (Å²) in [6.45, 7) is 1.17. The van der Waals surface area contributed by atoms with Crippen molar-refractivity contribution in [3.05, 3.63) is 29.3 Å². The van der Waals surface area contributed by atoms with Crippen molar-refractivity contribution in [3.8, 4) is 5.75 Å². The zero-order valence-corrected chi connectivity index (χ0v) is 17.5. The molecule has 7 nitrogen and oxygen atoms in total. The van der Waals surface area contributed by atoms with Crippen LogP contribution in [0.2, 0.25) is 0 Å². The molecule has 1 atom stereocenters. The van der Waals surface area contributed by atoms with Gasteiger partial charge < -0.3 is 15.4 Å². The van der Waals surface area contributed by atoms with Crippen molar-refractivity contribution in [2.24, 2.45) is 16.0 Å². The number of amides is 1. The van der Waals surface area contributed by atoms with Crippen LogP contribution in [0.5, 0.6) is 5.75 Å². The van der Waals surface area contributed by atoms with Gasteiger partial charge in [-0.2, -0.15) is 0 Å². The van der Waals surface area contributed by atoms with E-state index < -0.39 is 10.0 Å². The number of carbonyl (C=O) groups excluding carboxylic acids is 1. The number of amidine groups is 1. The van der Waals surface area contributed by atoms with Crippen molar-refractivity contribution in [2.75, 3.05) is 13.2 Å². The lowest BCUT2D eigenvalue weighted by atomic mass is 9.87. The first kappa shape index (κ1) is 20.2. The Labute approximate surface area is 172 Å². The molecule has 158 valence electrons. The van der Waals surface area contributed by atoms with E-state index in [0.717, 1.165) is 51.5 Å². The fraction of sp³-hybridized carbons (Fsp3) is 0.619. The number of benzene rings is 1. The largest absolute Gasteiger partial charge is 0.491 e. The van der Waals surface area contributed by atoms with E-state index in [4.69, 9.17) is 10.5 Å². The summed E-state index contributed by atoms with van der Waals surface area (Å²) >= 11 is 0. The average molecular weight is 420 g/mol. The second kappa shape index (κ2) is 8.34. The van der Waals surface area contributed by atoms with Crippen LogP contribution >= 0.6 is 0 Å². The lowest BCUT2D eigenvalue weighted by molar-refractivity contribution is -0.141. The molecule has 2 aliphatic heterocycles. The van der Waals surface area contributed by atoms with Gasteiger partial charge in [-0.15, -0.1) is 4.40 Å². The van der Waals surface area contributed by atoms with Gasteiger partial charge in [-0.05, 0) is 43.7 Å². The summed E-state index contributed by atoms with van der Waals surface area (Å²) in [6, 6.07) is 5.34. The topological polar surface area (TPSA) is 102 Å². The molecule has 8 heteroatoms. The summed E-state index contributed by atoms with van der Waals surface area (Å²) in [6.07, 6.45) is 8.54. The zero-order valence-electron chi connectivity index (χ0n) is 16.7. The standard InChI is InChI=1S/C21H29N3O4S/c22-20-19-16(14-29(26,27)23-20)9-6-11-18(19)28-13-17-10-4-5-12-24(17)21(25)15-7-2-1-3-8-15/h6,9,11,15,17H,1-5,7-8,10,12-14H2,(H2,22,23)/t17-/m1/s1. The van der Waals surface area contributed by atoms with Crippen LogP contribution in [-0.2, 0) is 20.6 Å². The quantitative estimate of drug-likeness (QED) is 0.808. The Morgan fingerprint density at radius 1 is 1.14 bits per heavy atom. The Bertz CT molecular complexity index is 907. The molecule has 1 saturated carbocycles. The predicted octanol–water partition coefficient (Wildman–Crippen LogP) is 2.58. The molecule has 0 aromatic heterocycles. The molecule has 1 aliphatic carbocycles. The summed E-state index contributed by atoms with van der Waals surface area (Å²) in [5.74, 6) is 0.771. The Balaban J connectivity index is 1.49. The molecule has 0 unspecified atom stereocenters. The molecule has 0 bridgehead atoms. The van der Waals surface area contributed by atoms with Gasteiger partial charge in [-0.1, -0.05) is 31.4 Å². The number of sulfonamides is 1. The van der Waals surface area contributed by atoms with Gasteiger partial charge in [0.05, 0.1) is 17.4 Å². The maximum absolute atomic E-state index is 13.1. The average Bonchev–Trinajstić information content (AvgIpc) is 2.71. The Kier molecular flexibility index (Phi) is 5.81. The molecule has 1 saturated heterocycles. The third-order valence-electron chi connectivity index (χ3n) is 6.24. The molecule has 2 fully saturated rings. The number of nitrogens with zero attached hydrogens (tertiary/aromatic N) is 2. The maximum Gasteiger partial charge on any atom is 0.259 e. The Morgan fingerprint density at radius 2 is 1.90 bits per heavy atom. The van der Waals surface area contributed by atoms with Crippen LogP contribution in [0.1, 0.15) is 62.5 Å². The van der Waals surface area contributed by atoms with Gasteiger partial charge in [0.15, 0.2) is 0 Å². The van der Waals surface area contributed by atoms with E-state index in [1.54, 1.807) is 18.2 Å². The van der Waals surface area contributed by atoms with Gasteiger partial charge in [-0.3, -0.25) is 4.79 Å². The van der Waals surface area contributed by atoms with Crippen molar-refractivity contribution in [2.45, 2.75) is 63.2 Å². The SMILES string of the molecule is NC1=NS(=O)(=O)Cc2cccc(OC[C@H]3CCCCN3C(=O)C3CCCCC3)c21. The normalized spacial score (nSPS) is 24.5. The van der Waals surface area contributed by atoms with Crippen LogP contribution in [0, 0.1) is 5.92 Å². The highest BCUT2D eigenvalue weighted by molar-refractivity contribution is 7.89. The van der Waals surface area contributed by atoms with Crippen LogP contribution in [0.4, 0.5) is 0 Å². The van der Waals surface area contributed by atoms with E-state index in [0.29, 0.717) is 23.5 Å². The number of carbonyl (C=O) groups is 1. The smallest absolute Gasteiger partial charge is 0.259 e. The van der Waals surface area contributed by atoms with E-state index in [9.17, 15) is 13.2 Å². The molecule has 1 amide bonds. The van der Waals surface area contributed by atoms with Crippen molar-refractivity contribution in [3.63, 3.8) is 0 Å². The van der Waals surface area contributed by atoms with Gasteiger partial charge in [0.25, 0.3) is 10.0 Å². The summed E-state index contributed by atoms with van der Waals surface area (Å²) in [5.41, 5.74) is 7.09. The number of fused-ring (bicyclic) bond motifs is 1.